The second kappa shape index (κ2) is 5.69. The van der Waals surface area contributed by atoms with Gasteiger partial charge in [-0.2, -0.15) is 0 Å². The minimum absolute atomic E-state index is 0.0114. The van der Waals surface area contributed by atoms with Gasteiger partial charge in [-0.1, -0.05) is 11.6 Å². The molecule has 112 valence electrons. The van der Waals surface area contributed by atoms with Crippen molar-refractivity contribution in [3.8, 4) is 0 Å². The number of nitrogens with zero attached hydrogens (tertiary/aromatic N) is 3. The zero-order valence-corrected chi connectivity index (χ0v) is 11.0. The molecule has 20 heavy (non-hydrogen) atoms. The van der Waals surface area contributed by atoms with E-state index in [0.717, 1.165) is 6.20 Å². The Balaban J connectivity index is 2.19. The topological polar surface area (TPSA) is 49.2 Å². The van der Waals surface area contributed by atoms with Crippen LogP contribution in [0.3, 0.4) is 0 Å². The van der Waals surface area contributed by atoms with Crippen molar-refractivity contribution in [2.24, 2.45) is 5.92 Å². The lowest BCUT2D eigenvalue weighted by atomic mass is 9.94. The first kappa shape index (κ1) is 15.2. The van der Waals surface area contributed by atoms with E-state index in [9.17, 15) is 17.6 Å². The summed E-state index contributed by atoms with van der Waals surface area (Å²) in [5, 5.41) is 8.55. The van der Waals surface area contributed by atoms with Crippen molar-refractivity contribution in [3.63, 3.8) is 0 Å². The van der Waals surface area contributed by atoms with E-state index in [1.807, 2.05) is 0 Å². The molecule has 1 atom stereocenters. The van der Waals surface area contributed by atoms with Crippen molar-refractivity contribution in [3.05, 3.63) is 17.0 Å². The van der Waals surface area contributed by atoms with Gasteiger partial charge in [0.2, 0.25) is 0 Å². The number of aliphatic hydroxyl groups excluding tert-OH is 1. The maximum Gasteiger partial charge on any atom is 0.283 e. The van der Waals surface area contributed by atoms with Gasteiger partial charge in [-0.3, -0.25) is 0 Å². The quantitative estimate of drug-likeness (QED) is 0.871. The minimum atomic E-state index is -2.95. The summed E-state index contributed by atoms with van der Waals surface area (Å²) in [6.45, 7) is -0.815. The minimum Gasteiger partial charge on any atom is -0.396 e. The van der Waals surface area contributed by atoms with Crippen molar-refractivity contribution in [2.45, 2.75) is 18.8 Å². The van der Waals surface area contributed by atoms with Gasteiger partial charge < -0.3 is 10.0 Å². The third-order valence-corrected chi connectivity index (χ3v) is 3.53. The summed E-state index contributed by atoms with van der Waals surface area (Å²) in [4.78, 5) is 8.71. The lowest BCUT2D eigenvalue weighted by Crippen LogP contribution is -2.49. The molecule has 1 N–H and O–H groups in total. The highest BCUT2D eigenvalue weighted by molar-refractivity contribution is 6.30. The van der Waals surface area contributed by atoms with Gasteiger partial charge in [0.1, 0.15) is 11.5 Å². The van der Waals surface area contributed by atoms with Gasteiger partial charge in [0.15, 0.2) is 5.15 Å². The molecule has 1 aromatic rings. The average Bonchev–Trinajstić information content (AvgIpc) is 2.37. The van der Waals surface area contributed by atoms with E-state index in [1.54, 1.807) is 0 Å². The predicted octanol–water partition coefficient (Wildman–Crippen LogP) is 2.52. The number of piperidine rings is 1. The van der Waals surface area contributed by atoms with E-state index in [2.05, 4.69) is 9.97 Å². The third kappa shape index (κ3) is 2.95. The maximum atomic E-state index is 13.5. The Bertz CT molecular complexity index is 489. The van der Waals surface area contributed by atoms with Crippen LogP contribution in [-0.4, -0.2) is 40.7 Å². The summed E-state index contributed by atoms with van der Waals surface area (Å²) in [6, 6.07) is 0. The fourth-order valence-corrected chi connectivity index (χ4v) is 2.26. The van der Waals surface area contributed by atoms with E-state index in [4.69, 9.17) is 16.7 Å². The summed E-state index contributed by atoms with van der Waals surface area (Å²) in [5.41, 5.74) is -0.642. The van der Waals surface area contributed by atoms with Gasteiger partial charge >= 0.3 is 0 Å². The van der Waals surface area contributed by atoms with Crippen molar-refractivity contribution < 1.29 is 22.7 Å². The van der Waals surface area contributed by atoms with Crippen LogP contribution in [0.25, 0.3) is 0 Å². The zero-order chi connectivity index (χ0) is 14.9. The molecule has 2 heterocycles. The molecule has 1 aliphatic rings. The van der Waals surface area contributed by atoms with Crippen LogP contribution < -0.4 is 4.90 Å². The standard InChI is InChI=1S/C11H12ClF4N3O/c12-9-8(10(13)14)17-3-7(18-9)19-2-1-11(15,16)6(4-19)5-20/h3,6,10,20H,1-2,4-5H2. The highest BCUT2D eigenvalue weighted by atomic mass is 35.5. The Labute approximate surface area is 117 Å². The smallest absolute Gasteiger partial charge is 0.283 e. The highest BCUT2D eigenvalue weighted by Crippen LogP contribution is 2.35. The summed E-state index contributed by atoms with van der Waals surface area (Å²) in [5.74, 6) is -4.04. The van der Waals surface area contributed by atoms with Crippen LogP contribution in [0, 0.1) is 5.92 Å². The molecule has 1 unspecified atom stereocenters. The van der Waals surface area contributed by atoms with Crippen molar-refractivity contribution >= 4 is 17.4 Å². The Morgan fingerprint density at radius 2 is 2.20 bits per heavy atom. The molecule has 0 saturated carbocycles. The lowest BCUT2D eigenvalue weighted by Gasteiger charge is -2.38. The van der Waals surface area contributed by atoms with Crippen LogP contribution in [0.1, 0.15) is 18.5 Å². The monoisotopic (exact) mass is 313 g/mol. The van der Waals surface area contributed by atoms with E-state index >= 15 is 0 Å². The van der Waals surface area contributed by atoms with Crippen molar-refractivity contribution in [2.75, 3.05) is 24.6 Å². The van der Waals surface area contributed by atoms with E-state index in [-0.39, 0.29) is 18.9 Å². The second-order valence-electron chi connectivity index (χ2n) is 4.54. The molecule has 1 aliphatic heterocycles. The molecule has 0 radical (unpaired) electrons. The van der Waals surface area contributed by atoms with Gasteiger partial charge in [-0.05, 0) is 0 Å². The second-order valence-corrected chi connectivity index (χ2v) is 4.90. The molecular weight excluding hydrogens is 302 g/mol. The maximum absolute atomic E-state index is 13.5. The first-order chi connectivity index (χ1) is 9.35. The van der Waals surface area contributed by atoms with Gasteiger partial charge in [0.05, 0.1) is 18.7 Å². The van der Waals surface area contributed by atoms with E-state index in [1.165, 1.54) is 4.90 Å². The number of anilines is 1. The Kier molecular flexibility index (Phi) is 4.33. The lowest BCUT2D eigenvalue weighted by molar-refractivity contribution is -0.0880. The molecule has 0 amide bonds. The van der Waals surface area contributed by atoms with Gasteiger partial charge in [-0.15, -0.1) is 0 Å². The highest BCUT2D eigenvalue weighted by Gasteiger charge is 2.44. The number of aliphatic hydroxyl groups is 1. The number of alkyl halides is 4. The first-order valence-corrected chi connectivity index (χ1v) is 6.27. The van der Waals surface area contributed by atoms with Crippen LogP contribution in [0.5, 0.6) is 0 Å². The summed E-state index contributed by atoms with van der Waals surface area (Å²) < 4.78 is 51.9. The zero-order valence-electron chi connectivity index (χ0n) is 10.2. The molecular formula is C11H12ClF4N3O. The molecule has 9 heteroatoms. The third-order valence-electron chi connectivity index (χ3n) is 3.25. The van der Waals surface area contributed by atoms with Crippen LogP contribution in [-0.2, 0) is 0 Å². The molecule has 0 spiro atoms. The SMILES string of the molecule is OCC1CN(c2cnc(C(F)F)c(Cl)n2)CCC1(F)F. The molecule has 1 fully saturated rings. The largest absolute Gasteiger partial charge is 0.396 e. The van der Waals surface area contributed by atoms with Crippen LogP contribution >= 0.6 is 11.6 Å². The summed E-state index contributed by atoms with van der Waals surface area (Å²) in [6.07, 6.45) is -2.22. The van der Waals surface area contributed by atoms with E-state index in [0.29, 0.717) is 0 Å². The van der Waals surface area contributed by atoms with Crippen LogP contribution in [0.15, 0.2) is 6.20 Å². The molecule has 1 saturated heterocycles. The van der Waals surface area contributed by atoms with E-state index < -0.39 is 42.1 Å². The summed E-state index contributed by atoms with van der Waals surface area (Å²) in [7, 11) is 0. The Morgan fingerprint density at radius 1 is 1.50 bits per heavy atom. The van der Waals surface area contributed by atoms with Crippen molar-refractivity contribution in [1.29, 1.82) is 0 Å². The molecule has 4 nitrogen and oxygen atoms in total. The number of hydrogen-bond acceptors (Lipinski definition) is 4. The van der Waals surface area contributed by atoms with Crippen LogP contribution in [0.4, 0.5) is 23.4 Å². The molecule has 0 aromatic carbocycles. The van der Waals surface area contributed by atoms with Gasteiger partial charge in [-0.25, -0.2) is 27.5 Å². The molecule has 1 aromatic heterocycles. The average molecular weight is 314 g/mol. The van der Waals surface area contributed by atoms with Gasteiger partial charge in [0, 0.05) is 19.5 Å². The normalized spacial score (nSPS) is 22.4. The number of hydrogen-bond donors (Lipinski definition) is 1. The first-order valence-electron chi connectivity index (χ1n) is 5.89. The van der Waals surface area contributed by atoms with Gasteiger partial charge in [0.25, 0.3) is 12.3 Å². The van der Waals surface area contributed by atoms with Crippen LogP contribution in [0.2, 0.25) is 5.15 Å². The van der Waals surface area contributed by atoms with Crippen molar-refractivity contribution in [1.82, 2.24) is 9.97 Å². The molecule has 2 rings (SSSR count). The number of halogens is 5. The molecule has 0 bridgehead atoms. The molecule has 0 aliphatic carbocycles. The Hall–Kier alpha value is -1.15. The fraction of sp³-hybridized carbons (Fsp3) is 0.636. The predicted molar refractivity (Wildman–Crippen MR) is 64.4 cm³/mol. The Morgan fingerprint density at radius 3 is 2.75 bits per heavy atom. The summed E-state index contributed by atoms with van der Waals surface area (Å²) >= 11 is 5.59. The fourth-order valence-electron chi connectivity index (χ4n) is 2.04. The number of aromatic nitrogens is 2. The number of rotatable bonds is 3.